The van der Waals surface area contributed by atoms with Crippen molar-refractivity contribution in [2.45, 2.75) is 52.0 Å². The Morgan fingerprint density at radius 2 is 2.19 bits per heavy atom. The van der Waals surface area contributed by atoms with E-state index in [0.717, 1.165) is 17.8 Å². The molecule has 2 aromatic heterocycles. The third-order valence-electron chi connectivity index (χ3n) is 3.68. The fourth-order valence-electron chi connectivity index (χ4n) is 2.47. The minimum atomic E-state index is -0.0885. The number of nitrogens with one attached hydrogen (secondary N) is 1. The zero-order chi connectivity index (χ0) is 14.8. The van der Waals surface area contributed by atoms with Gasteiger partial charge in [0.25, 0.3) is 0 Å². The number of fused-ring (bicyclic) bond motifs is 1. The van der Waals surface area contributed by atoms with E-state index in [9.17, 15) is 4.79 Å². The Morgan fingerprint density at radius 3 is 2.90 bits per heavy atom. The van der Waals surface area contributed by atoms with Crippen LogP contribution in [0, 0.1) is 6.92 Å². The molecule has 2 aromatic rings. The predicted octanol–water partition coefficient (Wildman–Crippen LogP) is 2.13. The highest BCUT2D eigenvalue weighted by Gasteiger charge is 2.20. The first-order valence-electron chi connectivity index (χ1n) is 7.19. The van der Waals surface area contributed by atoms with Gasteiger partial charge in [0, 0.05) is 4.88 Å². The van der Waals surface area contributed by atoms with E-state index in [1.54, 1.807) is 18.3 Å². The Morgan fingerprint density at radius 1 is 1.38 bits per heavy atom. The summed E-state index contributed by atoms with van der Waals surface area (Å²) in [4.78, 5) is 18.1. The number of amides is 1. The van der Waals surface area contributed by atoms with Crippen LogP contribution in [-0.2, 0) is 24.1 Å². The van der Waals surface area contributed by atoms with Crippen molar-refractivity contribution in [3.8, 4) is 0 Å². The maximum absolute atomic E-state index is 12.0. The predicted molar refractivity (Wildman–Crippen MR) is 78.1 cm³/mol. The largest absolute Gasteiger partial charge is 0.347 e. The molecule has 1 aliphatic carbocycles. The topological polar surface area (TPSA) is 80.9 Å². The van der Waals surface area contributed by atoms with Crippen LogP contribution in [0.2, 0.25) is 0 Å². The lowest BCUT2D eigenvalue weighted by molar-refractivity contribution is -0.121. The van der Waals surface area contributed by atoms with Gasteiger partial charge in [-0.15, -0.1) is 11.3 Å². The van der Waals surface area contributed by atoms with Gasteiger partial charge in [-0.25, -0.2) is 9.61 Å². The Kier molecular flexibility index (Phi) is 4.01. The quantitative estimate of drug-likeness (QED) is 0.936. The normalized spacial score (nSPS) is 15.5. The van der Waals surface area contributed by atoms with E-state index in [4.69, 9.17) is 0 Å². The first kappa shape index (κ1) is 14.2. The van der Waals surface area contributed by atoms with Gasteiger partial charge in [0.1, 0.15) is 16.4 Å². The zero-order valence-corrected chi connectivity index (χ0v) is 13.0. The summed E-state index contributed by atoms with van der Waals surface area (Å²) in [5, 5.41) is 11.4. The van der Waals surface area contributed by atoms with Crippen LogP contribution in [0.4, 0.5) is 0 Å². The molecule has 7 heteroatoms. The highest BCUT2D eigenvalue weighted by Crippen LogP contribution is 2.29. The van der Waals surface area contributed by atoms with Gasteiger partial charge in [0.05, 0.1) is 18.2 Å². The fourth-order valence-corrected chi connectivity index (χ4v) is 3.63. The maximum Gasteiger partial charge on any atom is 0.226 e. The highest BCUT2D eigenvalue weighted by molar-refractivity contribution is 7.11. The van der Waals surface area contributed by atoms with Crippen molar-refractivity contribution in [2.24, 2.45) is 0 Å². The second-order valence-corrected chi connectivity index (χ2v) is 6.51. The molecule has 0 saturated heterocycles. The number of hydrogen-bond donors (Lipinski definition) is 1. The Balaban J connectivity index is 1.63. The smallest absolute Gasteiger partial charge is 0.226 e. The molecular formula is C14H18N4O2S. The summed E-state index contributed by atoms with van der Waals surface area (Å²) >= 11 is 1.72. The molecule has 2 heterocycles. The highest BCUT2D eigenvalue weighted by atomic mass is 32.1. The lowest BCUT2D eigenvalue weighted by Crippen LogP contribution is -2.28. The molecule has 1 amide bonds. The number of carbonyl (C=O) groups is 1. The van der Waals surface area contributed by atoms with Crippen LogP contribution >= 0.6 is 11.3 Å². The lowest BCUT2D eigenvalue weighted by Gasteiger charge is -2.10. The third kappa shape index (κ3) is 3.12. The van der Waals surface area contributed by atoms with Gasteiger partial charge in [-0.1, -0.05) is 10.3 Å². The molecule has 1 atom stereocenters. The second kappa shape index (κ2) is 5.93. The van der Waals surface area contributed by atoms with E-state index >= 15 is 0 Å². The monoisotopic (exact) mass is 306 g/mol. The Hall–Kier alpha value is -1.76. The molecule has 0 radical (unpaired) electrons. The molecule has 6 nitrogen and oxygen atoms in total. The molecular weight excluding hydrogens is 288 g/mol. The van der Waals surface area contributed by atoms with E-state index in [2.05, 4.69) is 25.2 Å². The van der Waals surface area contributed by atoms with Crippen molar-refractivity contribution in [1.82, 2.24) is 20.6 Å². The summed E-state index contributed by atoms with van der Waals surface area (Å²) in [5.41, 5.74) is 2.46. The minimum Gasteiger partial charge on any atom is -0.347 e. The number of nitrogens with zero attached hydrogens (tertiary/aromatic N) is 3. The number of carbonyl (C=O) groups excluding carboxylic acids is 1. The van der Waals surface area contributed by atoms with Crippen molar-refractivity contribution in [2.75, 3.05) is 0 Å². The SMILES string of the molecule is Cc1nonc1CC(=O)NC(C)c1nc2c(s1)CCCC2. The standard InChI is InChI=1S/C14H18N4O2S/c1-8-11(18-20-17-8)7-13(19)15-9(2)14-16-10-5-3-4-6-12(10)21-14/h9H,3-7H2,1-2H3,(H,15,19). The Labute approximate surface area is 126 Å². The molecule has 1 N–H and O–H groups in total. The van der Waals surface area contributed by atoms with Crippen LogP contribution in [0.1, 0.15) is 52.8 Å². The van der Waals surface area contributed by atoms with Crippen LogP contribution in [0.5, 0.6) is 0 Å². The summed E-state index contributed by atoms with van der Waals surface area (Å²) in [6.07, 6.45) is 4.84. The summed E-state index contributed by atoms with van der Waals surface area (Å²) in [6.45, 7) is 3.74. The molecule has 0 fully saturated rings. The number of aryl methyl sites for hydroxylation is 3. The van der Waals surface area contributed by atoms with Gasteiger partial charge in [-0.05, 0) is 39.5 Å². The lowest BCUT2D eigenvalue weighted by atomic mass is 10.0. The summed E-state index contributed by atoms with van der Waals surface area (Å²) in [7, 11) is 0. The maximum atomic E-state index is 12.0. The summed E-state index contributed by atoms with van der Waals surface area (Å²) < 4.78 is 4.60. The molecule has 0 saturated carbocycles. The van der Waals surface area contributed by atoms with Gasteiger partial charge in [-0.2, -0.15) is 0 Å². The first-order valence-corrected chi connectivity index (χ1v) is 8.01. The average molecular weight is 306 g/mol. The zero-order valence-electron chi connectivity index (χ0n) is 12.2. The molecule has 1 unspecified atom stereocenters. The summed E-state index contributed by atoms with van der Waals surface area (Å²) in [5.74, 6) is -0.0885. The van der Waals surface area contributed by atoms with Crippen LogP contribution < -0.4 is 5.32 Å². The van der Waals surface area contributed by atoms with Gasteiger partial charge in [0.2, 0.25) is 5.91 Å². The van der Waals surface area contributed by atoms with E-state index in [-0.39, 0.29) is 18.4 Å². The molecule has 0 bridgehead atoms. The molecule has 1 aliphatic rings. The van der Waals surface area contributed by atoms with E-state index in [1.807, 2.05) is 6.92 Å². The van der Waals surface area contributed by atoms with E-state index < -0.39 is 0 Å². The van der Waals surface area contributed by atoms with Gasteiger partial charge < -0.3 is 5.32 Å². The van der Waals surface area contributed by atoms with E-state index in [0.29, 0.717) is 11.4 Å². The minimum absolute atomic E-state index is 0.0757. The van der Waals surface area contributed by atoms with E-state index in [1.165, 1.54) is 23.4 Å². The van der Waals surface area contributed by atoms with Crippen LogP contribution in [-0.4, -0.2) is 21.2 Å². The van der Waals surface area contributed by atoms with Crippen molar-refractivity contribution in [3.05, 3.63) is 27.0 Å². The molecule has 112 valence electrons. The molecule has 21 heavy (non-hydrogen) atoms. The van der Waals surface area contributed by atoms with Crippen LogP contribution in [0.25, 0.3) is 0 Å². The summed E-state index contributed by atoms with van der Waals surface area (Å²) in [6, 6.07) is -0.0757. The third-order valence-corrected chi connectivity index (χ3v) is 5.02. The van der Waals surface area contributed by atoms with Gasteiger partial charge >= 0.3 is 0 Å². The van der Waals surface area contributed by atoms with Crippen molar-refractivity contribution in [1.29, 1.82) is 0 Å². The Bertz CT molecular complexity index is 626. The number of hydrogen-bond acceptors (Lipinski definition) is 6. The van der Waals surface area contributed by atoms with Crippen molar-refractivity contribution in [3.63, 3.8) is 0 Å². The van der Waals surface area contributed by atoms with Crippen LogP contribution in [0.15, 0.2) is 4.63 Å². The average Bonchev–Trinajstić information content (AvgIpc) is 3.05. The number of thiazole rings is 1. The molecule has 0 aliphatic heterocycles. The molecule has 3 rings (SSSR count). The van der Waals surface area contributed by atoms with Crippen molar-refractivity contribution < 1.29 is 9.42 Å². The molecule has 0 spiro atoms. The second-order valence-electron chi connectivity index (χ2n) is 5.39. The number of rotatable bonds is 4. The number of aromatic nitrogens is 3. The van der Waals surface area contributed by atoms with Gasteiger partial charge in [0.15, 0.2) is 0 Å². The van der Waals surface area contributed by atoms with Crippen molar-refractivity contribution >= 4 is 17.2 Å². The van der Waals surface area contributed by atoms with Crippen LogP contribution in [0.3, 0.4) is 0 Å². The first-order chi connectivity index (χ1) is 10.1. The molecule has 0 aromatic carbocycles. The van der Waals surface area contributed by atoms with Gasteiger partial charge in [-0.3, -0.25) is 4.79 Å². The fraction of sp³-hybridized carbons (Fsp3) is 0.571.